The predicted molar refractivity (Wildman–Crippen MR) is 33.5 cm³/mol. The second kappa shape index (κ2) is 3.42. The van der Waals surface area contributed by atoms with Gasteiger partial charge in [-0.2, -0.15) is 0 Å². The summed E-state index contributed by atoms with van der Waals surface area (Å²) in [5.41, 5.74) is 0. The van der Waals surface area contributed by atoms with E-state index in [1.54, 1.807) is 0 Å². The molecule has 7 heavy (non-hydrogen) atoms. The van der Waals surface area contributed by atoms with Gasteiger partial charge in [-0.1, -0.05) is 29.8 Å². The van der Waals surface area contributed by atoms with Crippen LogP contribution in [0.1, 0.15) is 13.8 Å². The molecule has 0 heterocycles. The second-order valence-electron chi connectivity index (χ2n) is 1.91. The van der Waals surface area contributed by atoms with Crippen molar-refractivity contribution < 1.29 is 4.39 Å². The molecule has 0 aromatic heterocycles. The minimum absolute atomic E-state index is 0.152. The van der Waals surface area contributed by atoms with Crippen molar-refractivity contribution in [3.05, 3.63) is 0 Å². The van der Waals surface area contributed by atoms with Crippen LogP contribution in [-0.2, 0) is 0 Å². The van der Waals surface area contributed by atoms with E-state index in [2.05, 4.69) is 15.9 Å². The zero-order valence-corrected chi connectivity index (χ0v) is 6.20. The standard InChI is InChI=1S/C5H10BrF/c1-4(2)5(7)3-6/h4-5H,3H2,1-2H3. The number of alkyl halides is 2. The summed E-state index contributed by atoms with van der Waals surface area (Å²) in [7, 11) is 0. The van der Waals surface area contributed by atoms with E-state index in [-0.39, 0.29) is 5.92 Å². The molecule has 1 unspecified atom stereocenters. The van der Waals surface area contributed by atoms with E-state index in [4.69, 9.17) is 0 Å². The molecular weight excluding hydrogens is 159 g/mol. The van der Waals surface area contributed by atoms with E-state index in [1.165, 1.54) is 0 Å². The fourth-order valence-corrected chi connectivity index (χ4v) is 0.926. The normalized spacial score (nSPS) is 15.0. The molecule has 0 spiro atoms. The molecule has 44 valence electrons. The fraction of sp³-hybridized carbons (Fsp3) is 1.00. The van der Waals surface area contributed by atoms with Crippen LogP contribution in [0, 0.1) is 5.92 Å². The lowest BCUT2D eigenvalue weighted by Crippen LogP contribution is -2.09. The Balaban J connectivity index is 3.14. The maximum atomic E-state index is 12.2. The summed E-state index contributed by atoms with van der Waals surface area (Å²) in [6, 6.07) is 0. The van der Waals surface area contributed by atoms with Gasteiger partial charge in [0.1, 0.15) is 6.17 Å². The maximum absolute atomic E-state index is 12.2. The summed E-state index contributed by atoms with van der Waals surface area (Å²) in [4.78, 5) is 0. The van der Waals surface area contributed by atoms with Gasteiger partial charge in [-0.25, -0.2) is 4.39 Å². The predicted octanol–water partition coefficient (Wildman–Crippen LogP) is 2.38. The first kappa shape index (κ1) is 7.41. The lowest BCUT2D eigenvalue weighted by atomic mass is 10.1. The molecule has 0 aliphatic carbocycles. The molecule has 0 aromatic rings. The Kier molecular flexibility index (Phi) is 3.62. The first-order valence-corrected chi connectivity index (χ1v) is 3.50. The zero-order valence-electron chi connectivity index (χ0n) is 4.62. The molecule has 0 radical (unpaired) electrons. The molecule has 0 rings (SSSR count). The van der Waals surface area contributed by atoms with Crippen LogP contribution in [0.2, 0.25) is 0 Å². The average molecular weight is 169 g/mol. The minimum atomic E-state index is -0.681. The van der Waals surface area contributed by atoms with Gasteiger partial charge < -0.3 is 0 Å². The van der Waals surface area contributed by atoms with Crippen LogP contribution in [0.5, 0.6) is 0 Å². The molecule has 1 atom stereocenters. The highest BCUT2D eigenvalue weighted by Gasteiger charge is 2.07. The quantitative estimate of drug-likeness (QED) is 0.556. The van der Waals surface area contributed by atoms with Crippen LogP contribution in [-0.4, -0.2) is 11.5 Å². The molecule has 0 aliphatic rings. The third-order valence-corrected chi connectivity index (χ3v) is 1.49. The summed E-state index contributed by atoms with van der Waals surface area (Å²) in [5.74, 6) is 0.152. The van der Waals surface area contributed by atoms with E-state index in [1.807, 2.05) is 13.8 Å². The lowest BCUT2D eigenvalue weighted by molar-refractivity contribution is 0.287. The van der Waals surface area contributed by atoms with E-state index in [0.29, 0.717) is 5.33 Å². The maximum Gasteiger partial charge on any atom is 0.112 e. The molecule has 0 aromatic carbocycles. The van der Waals surface area contributed by atoms with E-state index >= 15 is 0 Å². The van der Waals surface area contributed by atoms with Gasteiger partial charge in [0.25, 0.3) is 0 Å². The average Bonchev–Trinajstić information content (AvgIpc) is 1.65. The van der Waals surface area contributed by atoms with Crippen LogP contribution in [0.3, 0.4) is 0 Å². The van der Waals surface area contributed by atoms with Crippen molar-refractivity contribution in [2.45, 2.75) is 20.0 Å². The molecule has 0 aliphatic heterocycles. The first-order chi connectivity index (χ1) is 3.18. The molecule has 0 saturated carbocycles. The van der Waals surface area contributed by atoms with Gasteiger partial charge in [0.05, 0.1) is 0 Å². The van der Waals surface area contributed by atoms with Crippen LogP contribution in [0.25, 0.3) is 0 Å². The highest BCUT2D eigenvalue weighted by Crippen LogP contribution is 2.07. The van der Waals surface area contributed by atoms with Gasteiger partial charge in [-0.15, -0.1) is 0 Å². The van der Waals surface area contributed by atoms with Crippen LogP contribution in [0.4, 0.5) is 4.39 Å². The first-order valence-electron chi connectivity index (χ1n) is 2.38. The molecule has 0 bridgehead atoms. The largest absolute Gasteiger partial charge is 0.246 e. The van der Waals surface area contributed by atoms with Gasteiger partial charge in [-0.3, -0.25) is 0 Å². The lowest BCUT2D eigenvalue weighted by Gasteiger charge is -2.05. The summed E-state index contributed by atoms with van der Waals surface area (Å²) in [6.45, 7) is 3.73. The molecule has 0 amide bonds. The van der Waals surface area contributed by atoms with Crippen molar-refractivity contribution in [1.29, 1.82) is 0 Å². The van der Waals surface area contributed by atoms with E-state index in [9.17, 15) is 4.39 Å². The summed E-state index contributed by atoms with van der Waals surface area (Å²) in [5, 5.41) is 0.463. The van der Waals surface area contributed by atoms with E-state index in [0.717, 1.165) is 0 Å². The molecule has 0 fully saturated rings. The van der Waals surface area contributed by atoms with Crippen molar-refractivity contribution in [2.75, 3.05) is 5.33 Å². The molecule has 2 heteroatoms. The third-order valence-electron chi connectivity index (χ3n) is 0.871. The van der Waals surface area contributed by atoms with Crippen molar-refractivity contribution in [2.24, 2.45) is 5.92 Å². The SMILES string of the molecule is CC(C)C(F)CBr. The van der Waals surface area contributed by atoms with Gasteiger partial charge in [0.15, 0.2) is 0 Å². The third kappa shape index (κ3) is 3.03. The van der Waals surface area contributed by atoms with Gasteiger partial charge in [0, 0.05) is 5.33 Å². The smallest absolute Gasteiger partial charge is 0.112 e. The van der Waals surface area contributed by atoms with Crippen molar-refractivity contribution >= 4 is 15.9 Å². The Bertz CT molecular complexity index is 45.3. The Morgan fingerprint density at radius 3 is 2.00 bits per heavy atom. The highest BCUT2D eigenvalue weighted by atomic mass is 79.9. The monoisotopic (exact) mass is 168 g/mol. The number of hydrogen-bond donors (Lipinski definition) is 0. The number of hydrogen-bond acceptors (Lipinski definition) is 0. The molecular formula is C5H10BrF. The van der Waals surface area contributed by atoms with Crippen LogP contribution in [0.15, 0.2) is 0 Å². The summed E-state index contributed by atoms with van der Waals surface area (Å²) in [6.07, 6.45) is -0.681. The summed E-state index contributed by atoms with van der Waals surface area (Å²) >= 11 is 3.04. The number of rotatable bonds is 2. The van der Waals surface area contributed by atoms with Crippen LogP contribution >= 0.6 is 15.9 Å². The Hall–Kier alpha value is 0.410. The Labute approximate surface area is 52.2 Å². The Morgan fingerprint density at radius 1 is 1.57 bits per heavy atom. The van der Waals surface area contributed by atoms with Crippen molar-refractivity contribution in [1.82, 2.24) is 0 Å². The molecule has 0 N–H and O–H groups in total. The van der Waals surface area contributed by atoms with Crippen molar-refractivity contribution in [3.63, 3.8) is 0 Å². The topological polar surface area (TPSA) is 0 Å². The second-order valence-corrected chi connectivity index (χ2v) is 2.56. The van der Waals surface area contributed by atoms with Gasteiger partial charge in [-0.05, 0) is 5.92 Å². The van der Waals surface area contributed by atoms with Crippen molar-refractivity contribution in [3.8, 4) is 0 Å². The Morgan fingerprint density at radius 2 is 2.00 bits per heavy atom. The van der Waals surface area contributed by atoms with E-state index < -0.39 is 6.17 Å². The fourth-order valence-electron chi connectivity index (χ4n) is 0.178. The van der Waals surface area contributed by atoms with Gasteiger partial charge >= 0.3 is 0 Å². The molecule has 0 nitrogen and oxygen atoms in total. The van der Waals surface area contributed by atoms with Gasteiger partial charge in [0.2, 0.25) is 0 Å². The molecule has 0 saturated heterocycles. The minimum Gasteiger partial charge on any atom is -0.246 e. The highest BCUT2D eigenvalue weighted by molar-refractivity contribution is 9.09. The summed E-state index contributed by atoms with van der Waals surface area (Å²) < 4.78 is 12.2. The van der Waals surface area contributed by atoms with Crippen LogP contribution < -0.4 is 0 Å². The zero-order chi connectivity index (χ0) is 5.86. The number of halogens is 2.